The molecule has 0 saturated carbocycles. The fraction of sp³-hybridized carbons (Fsp3) is 0.353. The smallest absolute Gasteiger partial charge is 0.342 e. The van der Waals surface area contributed by atoms with Gasteiger partial charge in [0.25, 0.3) is 5.91 Å². The lowest BCUT2D eigenvalue weighted by Gasteiger charge is -2.16. The second kappa shape index (κ2) is 6.64. The van der Waals surface area contributed by atoms with Crippen molar-refractivity contribution in [3.8, 4) is 0 Å². The highest BCUT2D eigenvalue weighted by molar-refractivity contribution is 5.98. The van der Waals surface area contributed by atoms with Gasteiger partial charge >= 0.3 is 5.97 Å². The van der Waals surface area contributed by atoms with Gasteiger partial charge in [-0.15, -0.1) is 0 Å². The molecule has 0 bridgehead atoms. The van der Waals surface area contributed by atoms with Gasteiger partial charge in [-0.2, -0.15) is 5.10 Å². The number of ether oxygens (including phenoxy) is 1. The Morgan fingerprint density at radius 3 is 2.35 bits per heavy atom. The summed E-state index contributed by atoms with van der Waals surface area (Å²) in [5.41, 5.74) is 4.15. The molecular formula is C17H21N3O3. The number of amides is 1. The maximum Gasteiger partial charge on any atom is 0.342 e. The number of nitrogens with one attached hydrogen (secondary N) is 1. The lowest BCUT2D eigenvalue weighted by Crippen LogP contribution is -2.30. The monoisotopic (exact) mass is 315 g/mol. The number of nitrogens with zero attached hydrogens (tertiary/aromatic N) is 2. The highest BCUT2D eigenvalue weighted by Crippen LogP contribution is 2.22. The molecule has 0 fully saturated rings. The Hall–Kier alpha value is -2.63. The van der Waals surface area contributed by atoms with Crippen molar-refractivity contribution in [1.82, 2.24) is 9.78 Å². The average molecular weight is 315 g/mol. The first-order chi connectivity index (χ1) is 10.8. The molecule has 0 aliphatic rings. The van der Waals surface area contributed by atoms with E-state index in [1.54, 1.807) is 20.2 Å². The van der Waals surface area contributed by atoms with Crippen LogP contribution in [0.5, 0.6) is 0 Å². The lowest BCUT2D eigenvalue weighted by molar-refractivity contribution is -0.123. The summed E-state index contributed by atoms with van der Waals surface area (Å²) < 4.78 is 6.68. The van der Waals surface area contributed by atoms with Crippen molar-refractivity contribution in [1.29, 1.82) is 0 Å². The standard InChI is InChI=1S/C17H21N3O3/c1-10-6-11(2)15(12(3)7-10)19-16(21)13(4)23-17(22)14-8-18-20(5)9-14/h6-9,13H,1-5H3,(H,19,21). The van der Waals surface area contributed by atoms with Crippen LogP contribution in [0.3, 0.4) is 0 Å². The zero-order valence-corrected chi connectivity index (χ0v) is 14.0. The summed E-state index contributed by atoms with van der Waals surface area (Å²) in [6.07, 6.45) is 2.05. The van der Waals surface area contributed by atoms with Crippen LogP contribution in [0.2, 0.25) is 0 Å². The van der Waals surface area contributed by atoms with Crippen LogP contribution in [-0.4, -0.2) is 27.8 Å². The lowest BCUT2D eigenvalue weighted by atomic mass is 10.0. The Morgan fingerprint density at radius 1 is 1.22 bits per heavy atom. The van der Waals surface area contributed by atoms with Gasteiger partial charge in [0.15, 0.2) is 6.10 Å². The van der Waals surface area contributed by atoms with Crippen molar-refractivity contribution in [3.05, 3.63) is 46.8 Å². The number of carbonyl (C=O) groups is 2. The van der Waals surface area contributed by atoms with Crippen molar-refractivity contribution in [3.63, 3.8) is 0 Å². The molecule has 1 atom stereocenters. The van der Waals surface area contributed by atoms with Crippen LogP contribution in [0.25, 0.3) is 0 Å². The van der Waals surface area contributed by atoms with Crippen molar-refractivity contribution < 1.29 is 14.3 Å². The quantitative estimate of drug-likeness (QED) is 0.880. The van der Waals surface area contributed by atoms with E-state index < -0.39 is 12.1 Å². The molecule has 1 aromatic heterocycles. The zero-order chi connectivity index (χ0) is 17.1. The van der Waals surface area contributed by atoms with Gasteiger partial charge in [0.1, 0.15) is 0 Å². The van der Waals surface area contributed by atoms with Gasteiger partial charge in [0.2, 0.25) is 0 Å². The molecule has 23 heavy (non-hydrogen) atoms. The van der Waals surface area contributed by atoms with E-state index >= 15 is 0 Å². The minimum atomic E-state index is -0.900. The van der Waals surface area contributed by atoms with E-state index in [-0.39, 0.29) is 5.91 Å². The van der Waals surface area contributed by atoms with E-state index in [4.69, 9.17) is 4.74 Å². The van der Waals surface area contributed by atoms with Crippen molar-refractivity contribution >= 4 is 17.6 Å². The Bertz CT molecular complexity index is 726. The minimum Gasteiger partial charge on any atom is -0.449 e. The molecule has 6 heteroatoms. The maximum absolute atomic E-state index is 12.3. The highest BCUT2D eigenvalue weighted by atomic mass is 16.5. The van der Waals surface area contributed by atoms with E-state index in [0.29, 0.717) is 5.56 Å². The molecule has 1 aromatic carbocycles. The summed E-state index contributed by atoms with van der Waals surface area (Å²) in [4.78, 5) is 24.2. The highest BCUT2D eigenvalue weighted by Gasteiger charge is 2.21. The molecule has 2 aromatic rings. The number of hydrogen-bond donors (Lipinski definition) is 1. The predicted molar refractivity (Wildman–Crippen MR) is 87.4 cm³/mol. The summed E-state index contributed by atoms with van der Waals surface area (Å²) in [7, 11) is 1.70. The molecular weight excluding hydrogens is 294 g/mol. The molecule has 0 saturated heterocycles. The van der Waals surface area contributed by atoms with Crippen LogP contribution in [0.4, 0.5) is 5.69 Å². The topological polar surface area (TPSA) is 73.2 Å². The van der Waals surface area contributed by atoms with E-state index in [1.807, 2.05) is 32.9 Å². The van der Waals surface area contributed by atoms with Crippen LogP contribution >= 0.6 is 0 Å². The molecule has 1 amide bonds. The summed E-state index contributed by atoms with van der Waals surface area (Å²) in [5, 5.41) is 6.73. The Kier molecular flexibility index (Phi) is 4.83. The third kappa shape index (κ3) is 3.97. The van der Waals surface area contributed by atoms with Gasteiger partial charge in [-0.25, -0.2) is 4.79 Å². The van der Waals surface area contributed by atoms with Crippen LogP contribution in [0, 0.1) is 20.8 Å². The number of carbonyl (C=O) groups excluding carboxylic acids is 2. The molecule has 122 valence electrons. The number of aromatic nitrogens is 2. The SMILES string of the molecule is Cc1cc(C)c(NC(=O)C(C)OC(=O)c2cnn(C)c2)c(C)c1. The van der Waals surface area contributed by atoms with Crippen molar-refractivity contribution in [2.45, 2.75) is 33.8 Å². The maximum atomic E-state index is 12.3. The van der Waals surface area contributed by atoms with Crippen LogP contribution in [-0.2, 0) is 16.6 Å². The summed E-state index contributed by atoms with van der Waals surface area (Å²) in [6, 6.07) is 3.99. The van der Waals surface area contributed by atoms with E-state index in [0.717, 1.165) is 22.4 Å². The summed E-state index contributed by atoms with van der Waals surface area (Å²) in [6.45, 7) is 7.41. The Morgan fingerprint density at radius 2 is 1.83 bits per heavy atom. The van der Waals surface area contributed by atoms with Crippen LogP contribution in [0.1, 0.15) is 34.0 Å². The predicted octanol–water partition coefficient (Wildman–Crippen LogP) is 2.53. The zero-order valence-electron chi connectivity index (χ0n) is 14.0. The third-order valence-corrected chi connectivity index (χ3v) is 3.52. The average Bonchev–Trinajstić information content (AvgIpc) is 2.89. The van der Waals surface area contributed by atoms with Gasteiger partial charge in [0.05, 0.1) is 11.8 Å². The number of benzene rings is 1. The molecule has 0 radical (unpaired) electrons. The van der Waals surface area contributed by atoms with Gasteiger partial charge in [-0.3, -0.25) is 9.48 Å². The number of rotatable bonds is 4. The number of aryl methyl sites for hydroxylation is 4. The van der Waals surface area contributed by atoms with E-state index in [9.17, 15) is 9.59 Å². The van der Waals surface area contributed by atoms with Gasteiger partial charge in [-0.1, -0.05) is 17.7 Å². The number of hydrogen-bond acceptors (Lipinski definition) is 4. The molecule has 0 aliphatic heterocycles. The first-order valence-corrected chi connectivity index (χ1v) is 7.36. The van der Waals surface area contributed by atoms with Crippen LogP contribution in [0.15, 0.2) is 24.5 Å². The number of esters is 1. The first kappa shape index (κ1) is 16.7. The Labute approximate surface area is 135 Å². The van der Waals surface area contributed by atoms with E-state index in [1.165, 1.54) is 10.9 Å². The largest absolute Gasteiger partial charge is 0.449 e. The fourth-order valence-corrected chi connectivity index (χ4v) is 2.41. The molecule has 0 aliphatic carbocycles. The second-order valence-corrected chi connectivity index (χ2v) is 5.71. The first-order valence-electron chi connectivity index (χ1n) is 7.36. The summed E-state index contributed by atoms with van der Waals surface area (Å²) >= 11 is 0. The normalized spacial score (nSPS) is 11.9. The minimum absolute atomic E-state index is 0.315. The van der Waals surface area contributed by atoms with Gasteiger partial charge in [-0.05, 0) is 38.8 Å². The van der Waals surface area contributed by atoms with Crippen molar-refractivity contribution in [2.24, 2.45) is 7.05 Å². The van der Waals surface area contributed by atoms with E-state index in [2.05, 4.69) is 10.4 Å². The molecule has 1 unspecified atom stereocenters. The molecule has 2 rings (SSSR count). The van der Waals surface area contributed by atoms with Crippen LogP contribution < -0.4 is 5.32 Å². The number of anilines is 1. The van der Waals surface area contributed by atoms with Gasteiger partial charge in [0, 0.05) is 18.9 Å². The second-order valence-electron chi connectivity index (χ2n) is 5.71. The van der Waals surface area contributed by atoms with Gasteiger partial charge < -0.3 is 10.1 Å². The van der Waals surface area contributed by atoms with Crippen molar-refractivity contribution in [2.75, 3.05) is 5.32 Å². The fourth-order valence-electron chi connectivity index (χ4n) is 2.41. The Balaban J connectivity index is 2.04. The molecule has 1 heterocycles. The molecule has 1 N–H and O–H groups in total. The molecule has 6 nitrogen and oxygen atoms in total. The third-order valence-electron chi connectivity index (χ3n) is 3.52. The summed E-state index contributed by atoms with van der Waals surface area (Å²) in [5.74, 6) is -0.935. The molecule has 0 spiro atoms.